The molecule has 1 N–H and O–H groups in total. The average molecular weight is 352 g/mol. The molecule has 0 aliphatic heterocycles. The molecular weight excluding hydrogens is 343 g/mol. The highest BCUT2D eigenvalue weighted by Gasteiger charge is 2.30. The third-order valence-electron chi connectivity index (χ3n) is 2.67. The van der Waals surface area contributed by atoms with Crippen LogP contribution in [0, 0.1) is 11.3 Å². The fraction of sp³-hybridized carbons (Fsp3) is 0.0667. The number of benzene rings is 2. The minimum absolute atomic E-state index is 0.0423. The lowest BCUT2D eigenvalue weighted by atomic mass is 10.2. The molecule has 2 rings (SSSR count). The molecule has 0 bridgehead atoms. The number of alkyl halides is 3. The van der Waals surface area contributed by atoms with E-state index in [2.05, 4.69) is 20.8 Å². The number of nitrogens with zero attached hydrogens (tertiary/aromatic N) is 4. The van der Waals surface area contributed by atoms with Crippen molar-refractivity contribution in [2.24, 2.45) is 15.3 Å². The van der Waals surface area contributed by atoms with Crippen LogP contribution in [-0.2, 0) is 6.18 Å². The van der Waals surface area contributed by atoms with Gasteiger partial charge in [-0.15, -0.1) is 15.3 Å². The standard InChI is InChI=1S/C15H9ClF3N5/c16-11-4-6-12(7-5-11)21-23-14(9-20)24-22-13-3-1-2-10(8-13)15(17,18)19/h1-8,21H/b23-14+,24-22+. The molecule has 0 aliphatic rings. The summed E-state index contributed by atoms with van der Waals surface area (Å²) in [6.45, 7) is 0. The van der Waals surface area contributed by atoms with E-state index in [-0.39, 0.29) is 11.5 Å². The van der Waals surface area contributed by atoms with Crippen molar-refractivity contribution in [2.75, 3.05) is 5.43 Å². The van der Waals surface area contributed by atoms with E-state index in [0.29, 0.717) is 10.7 Å². The van der Waals surface area contributed by atoms with E-state index >= 15 is 0 Å². The van der Waals surface area contributed by atoms with Gasteiger partial charge in [0.05, 0.1) is 16.9 Å². The van der Waals surface area contributed by atoms with E-state index in [0.717, 1.165) is 12.1 Å². The Balaban J connectivity index is 2.12. The normalized spacial score (nSPS) is 12.2. The fourth-order valence-electron chi connectivity index (χ4n) is 1.56. The molecule has 5 nitrogen and oxygen atoms in total. The van der Waals surface area contributed by atoms with Gasteiger partial charge in [0, 0.05) is 5.02 Å². The number of azo groups is 1. The largest absolute Gasteiger partial charge is 0.416 e. The summed E-state index contributed by atoms with van der Waals surface area (Å²) in [5.41, 5.74) is 2.23. The van der Waals surface area contributed by atoms with E-state index in [1.165, 1.54) is 12.1 Å². The molecule has 0 radical (unpaired) electrons. The van der Waals surface area contributed by atoms with Crippen LogP contribution in [0.3, 0.4) is 0 Å². The zero-order valence-corrected chi connectivity index (χ0v) is 12.7. The molecular formula is C15H9ClF3N5. The minimum atomic E-state index is -4.48. The van der Waals surface area contributed by atoms with Crippen molar-refractivity contribution in [3.63, 3.8) is 0 Å². The summed E-state index contributed by atoms with van der Waals surface area (Å²) in [7, 11) is 0. The van der Waals surface area contributed by atoms with Gasteiger partial charge in [-0.05, 0) is 42.5 Å². The van der Waals surface area contributed by atoms with Gasteiger partial charge in [-0.25, -0.2) is 0 Å². The molecule has 0 atom stereocenters. The smallest absolute Gasteiger partial charge is 0.276 e. The number of anilines is 1. The van der Waals surface area contributed by atoms with Crippen molar-refractivity contribution in [1.82, 2.24) is 0 Å². The van der Waals surface area contributed by atoms with Crippen molar-refractivity contribution in [3.8, 4) is 6.07 Å². The second-order valence-electron chi connectivity index (χ2n) is 4.41. The lowest BCUT2D eigenvalue weighted by Gasteiger charge is -2.05. The van der Waals surface area contributed by atoms with Crippen LogP contribution < -0.4 is 5.43 Å². The first kappa shape index (κ1) is 17.4. The molecule has 0 aromatic heterocycles. The molecule has 0 heterocycles. The van der Waals surface area contributed by atoms with E-state index in [4.69, 9.17) is 16.9 Å². The minimum Gasteiger partial charge on any atom is -0.276 e. The number of hydrogen-bond donors (Lipinski definition) is 1. The Morgan fingerprint density at radius 3 is 2.46 bits per heavy atom. The van der Waals surface area contributed by atoms with Crippen molar-refractivity contribution < 1.29 is 13.2 Å². The summed E-state index contributed by atoms with van der Waals surface area (Å²) in [6, 6.07) is 12.5. The maximum Gasteiger partial charge on any atom is 0.416 e. The molecule has 122 valence electrons. The van der Waals surface area contributed by atoms with Gasteiger partial charge in [0.1, 0.15) is 6.07 Å². The van der Waals surface area contributed by atoms with Gasteiger partial charge < -0.3 is 0 Å². The molecule has 0 saturated carbocycles. The number of halogens is 4. The number of hydrazone groups is 1. The summed E-state index contributed by atoms with van der Waals surface area (Å²) in [4.78, 5) is 0. The second kappa shape index (κ2) is 7.57. The number of amidine groups is 1. The van der Waals surface area contributed by atoms with Gasteiger partial charge in [0.25, 0.3) is 5.84 Å². The van der Waals surface area contributed by atoms with Crippen molar-refractivity contribution in [2.45, 2.75) is 6.18 Å². The maximum absolute atomic E-state index is 12.6. The Hall–Kier alpha value is -2.92. The first-order valence-corrected chi connectivity index (χ1v) is 6.84. The predicted octanol–water partition coefficient (Wildman–Crippen LogP) is 5.39. The van der Waals surface area contributed by atoms with E-state index in [9.17, 15) is 13.2 Å². The van der Waals surface area contributed by atoms with Crippen LogP contribution in [0.15, 0.2) is 63.9 Å². The number of nitriles is 1. The Morgan fingerprint density at radius 1 is 1.12 bits per heavy atom. The van der Waals surface area contributed by atoms with Gasteiger partial charge in [-0.2, -0.15) is 18.4 Å². The molecule has 0 saturated heterocycles. The molecule has 0 fully saturated rings. The highest BCUT2D eigenvalue weighted by Crippen LogP contribution is 2.31. The molecule has 2 aromatic carbocycles. The number of hydrogen-bond acceptors (Lipinski definition) is 4. The zero-order valence-electron chi connectivity index (χ0n) is 11.9. The lowest BCUT2D eigenvalue weighted by molar-refractivity contribution is -0.137. The monoisotopic (exact) mass is 351 g/mol. The first-order chi connectivity index (χ1) is 11.4. The zero-order chi connectivity index (χ0) is 17.6. The molecule has 0 spiro atoms. The quantitative estimate of drug-likeness (QED) is 0.348. The highest BCUT2D eigenvalue weighted by atomic mass is 35.5. The van der Waals surface area contributed by atoms with Gasteiger partial charge in [-0.1, -0.05) is 17.7 Å². The van der Waals surface area contributed by atoms with Crippen LogP contribution in [0.25, 0.3) is 0 Å². The predicted molar refractivity (Wildman–Crippen MR) is 84.1 cm³/mol. The molecule has 0 unspecified atom stereocenters. The average Bonchev–Trinajstić information content (AvgIpc) is 2.56. The summed E-state index contributed by atoms with van der Waals surface area (Å²) in [5, 5.41) is 20.3. The van der Waals surface area contributed by atoms with Gasteiger partial charge in [-0.3, -0.25) is 5.43 Å². The van der Waals surface area contributed by atoms with Crippen molar-refractivity contribution >= 4 is 28.8 Å². The fourth-order valence-corrected chi connectivity index (χ4v) is 1.69. The van der Waals surface area contributed by atoms with Crippen LogP contribution in [0.5, 0.6) is 0 Å². The molecule has 24 heavy (non-hydrogen) atoms. The molecule has 0 amide bonds. The summed E-state index contributed by atoms with van der Waals surface area (Å²) in [6.07, 6.45) is -4.48. The SMILES string of the molecule is N#CC(/N=N/c1cccc(C(F)(F)F)c1)=N\Nc1ccc(Cl)cc1. The summed E-state index contributed by atoms with van der Waals surface area (Å²) >= 11 is 5.73. The molecule has 0 aliphatic carbocycles. The van der Waals surface area contributed by atoms with E-state index in [1.54, 1.807) is 30.3 Å². The summed E-state index contributed by atoms with van der Waals surface area (Å²) in [5.74, 6) is -0.345. The van der Waals surface area contributed by atoms with Crippen molar-refractivity contribution in [3.05, 3.63) is 59.1 Å². The topological polar surface area (TPSA) is 72.9 Å². The Bertz CT molecular complexity index is 807. The number of rotatable bonds is 3. The van der Waals surface area contributed by atoms with E-state index in [1.807, 2.05) is 0 Å². The maximum atomic E-state index is 12.6. The third kappa shape index (κ3) is 5.07. The van der Waals surface area contributed by atoms with Crippen LogP contribution in [0.4, 0.5) is 24.5 Å². The van der Waals surface area contributed by atoms with Gasteiger partial charge in [0.2, 0.25) is 0 Å². The Labute approximate surface area is 140 Å². The molecule has 2 aromatic rings. The Kier molecular flexibility index (Phi) is 5.50. The second-order valence-corrected chi connectivity index (χ2v) is 4.85. The van der Waals surface area contributed by atoms with Gasteiger partial charge >= 0.3 is 6.18 Å². The van der Waals surface area contributed by atoms with Crippen LogP contribution in [-0.4, -0.2) is 5.84 Å². The first-order valence-electron chi connectivity index (χ1n) is 6.47. The van der Waals surface area contributed by atoms with Crippen LogP contribution in [0.2, 0.25) is 5.02 Å². The van der Waals surface area contributed by atoms with Crippen LogP contribution >= 0.6 is 11.6 Å². The Morgan fingerprint density at radius 2 is 1.83 bits per heavy atom. The highest BCUT2D eigenvalue weighted by molar-refractivity contribution is 6.30. The van der Waals surface area contributed by atoms with Crippen molar-refractivity contribution in [1.29, 1.82) is 5.26 Å². The van der Waals surface area contributed by atoms with Crippen LogP contribution in [0.1, 0.15) is 5.56 Å². The van der Waals surface area contributed by atoms with Gasteiger partial charge in [0.15, 0.2) is 0 Å². The summed E-state index contributed by atoms with van der Waals surface area (Å²) < 4.78 is 37.8. The van der Waals surface area contributed by atoms with E-state index < -0.39 is 11.7 Å². The lowest BCUT2D eigenvalue weighted by Crippen LogP contribution is -2.03. The number of nitrogens with one attached hydrogen (secondary N) is 1. The third-order valence-corrected chi connectivity index (χ3v) is 2.92. The molecule has 9 heteroatoms.